The minimum atomic E-state index is -0.0312. The Balaban J connectivity index is 4.10. The summed E-state index contributed by atoms with van der Waals surface area (Å²) in [5, 5.41) is 0. The van der Waals surface area contributed by atoms with E-state index in [1.807, 2.05) is 27.2 Å². The van der Waals surface area contributed by atoms with Gasteiger partial charge in [0.25, 0.3) is 0 Å². The number of amides is 1. The van der Waals surface area contributed by atoms with Crippen LogP contribution in [0.25, 0.3) is 0 Å². The molecular weight excluding hydrogens is 126 g/mol. The molecular formula is C8H16NO. The van der Waals surface area contributed by atoms with E-state index < -0.39 is 0 Å². The van der Waals surface area contributed by atoms with Gasteiger partial charge in [-0.25, -0.2) is 0 Å². The third-order valence-corrected chi connectivity index (χ3v) is 2.02. The summed E-state index contributed by atoms with van der Waals surface area (Å²) in [7, 11) is 0. The van der Waals surface area contributed by atoms with Crippen molar-refractivity contribution in [3.05, 3.63) is 0 Å². The van der Waals surface area contributed by atoms with Gasteiger partial charge in [-0.3, -0.25) is 4.79 Å². The van der Waals surface area contributed by atoms with E-state index in [0.29, 0.717) is 0 Å². The Morgan fingerprint density at radius 3 is 2.00 bits per heavy atom. The summed E-state index contributed by atoms with van der Waals surface area (Å²) in [5.74, 6) is 0. The fraction of sp³-hybridized carbons (Fsp3) is 0.875. The van der Waals surface area contributed by atoms with Crippen molar-refractivity contribution >= 4 is 6.41 Å². The molecule has 1 radical (unpaired) electrons. The zero-order valence-corrected chi connectivity index (χ0v) is 7.27. The van der Waals surface area contributed by atoms with Crippen molar-refractivity contribution in [3.63, 3.8) is 0 Å². The fourth-order valence-electron chi connectivity index (χ4n) is 0.807. The van der Waals surface area contributed by atoms with E-state index in [9.17, 15) is 4.79 Å². The molecule has 0 N–H and O–H groups in total. The van der Waals surface area contributed by atoms with Crippen molar-refractivity contribution in [2.45, 2.75) is 39.7 Å². The van der Waals surface area contributed by atoms with Crippen LogP contribution in [0.15, 0.2) is 0 Å². The standard InChI is InChI=1S/C8H16NO/c1-5-8(3,4)9(6-2)7-10/h5-6H2,1-4H3. The number of hydrogen-bond acceptors (Lipinski definition) is 1. The van der Waals surface area contributed by atoms with E-state index >= 15 is 0 Å². The van der Waals surface area contributed by atoms with Crippen LogP contribution in [0.2, 0.25) is 0 Å². The Labute approximate surface area is 63.2 Å². The molecule has 2 nitrogen and oxygen atoms in total. The molecule has 0 aromatic rings. The lowest BCUT2D eigenvalue weighted by Gasteiger charge is -2.32. The minimum absolute atomic E-state index is 0.0312. The molecule has 0 saturated carbocycles. The molecule has 0 saturated heterocycles. The zero-order chi connectivity index (χ0) is 8.20. The number of hydrogen-bond donors (Lipinski definition) is 0. The van der Waals surface area contributed by atoms with Crippen molar-refractivity contribution in [1.82, 2.24) is 4.90 Å². The summed E-state index contributed by atoms with van der Waals surface area (Å²) >= 11 is 0. The summed E-state index contributed by atoms with van der Waals surface area (Å²) in [5.41, 5.74) is -0.0312. The second kappa shape index (κ2) is 3.59. The normalized spacial score (nSPS) is 11.2. The average Bonchev–Trinajstić information content (AvgIpc) is 1.90. The van der Waals surface area contributed by atoms with Crippen LogP contribution in [-0.4, -0.2) is 23.4 Å². The number of rotatable bonds is 4. The molecule has 0 aromatic carbocycles. The van der Waals surface area contributed by atoms with Gasteiger partial charge in [-0.1, -0.05) is 6.92 Å². The van der Waals surface area contributed by atoms with Gasteiger partial charge in [-0.05, 0) is 27.2 Å². The molecule has 0 aliphatic carbocycles. The van der Waals surface area contributed by atoms with Crippen LogP contribution < -0.4 is 0 Å². The summed E-state index contributed by atoms with van der Waals surface area (Å²) in [4.78, 5) is 12.0. The van der Waals surface area contributed by atoms with Gasteiger partial charge in [-0.2, -0.15) is 0 Å². The highest BCUT2D eigenvalue weighted by atomic mass is 16.1. The molecule has 0 unspecified atom stereocenters. The molecule has 0 heterocycles. The average molecular weight is 142 g/mol. The Kier molecular flexibility index (Phi) is 3.40. The largest absolute Gasteiger partial charge is 0.330 e. The molecule has 0 atom stereocenters. The van der Waals surface area contributed by atoms with Crippen LogP contribution in [-0.2, 0) is 4.79 Å². The third kappa shape index (κ3) is 2.01. The highest BCUT2D eigenvalue weighted by Crippen LogP contribution is 2.15. The van der Waals surface area contributed by atoms with Crippen molar-refractivity contribution in [2.75, 3.05) is 6.54 Å². The van der Waals surface area contributed by atoms with E-state index in [1.54, 1.807) is 4.90 Å². The molecule has 1 amide bonds. The topological polar surface area (TPSA) is 20.3 Å². The van der Waals surface area contributed by atoms with Crippen molar-refractivity contribution in [2.24, 2.45) is 0 Å². The van der Waals surface area contributed by atoms with Crippen LogP contribution >= 0.6 is 0 Å². The Bertz CT molecular complexity index is 110. The zero-order valence-electron chi connectivity index (χ0n) is 7.27. The second-order valence-corrected chi connectivity index (χ2v) is 3.00. The first-order valence-corrected chi connectivity index (χ1v) is 3.74. The maximum atomic E-state index is 10.3. The van der Waals surface area contributed by atoms with Crippen molar-refractivity contribution in [1.29, 1.82) is 0 Å². The van der Waals surface area contributed by atoms with E-state index in [2.05, 4.69) is 6.92 Å². The Hall–Kier alpha value is -0.530. The lowest BCUT2D eigenvalue weighted by molar-refractivity contribution is 0.207. The molecule has 0 aromatic heterocycles. The van der Waals surface area contributed by atoms with Crippen LogP contribution in [0, 0.1) is 0 Å². The lowest BCUT2D eigenvalue weighted by atomic mass is 10.0. The minimum Gasteiger partial charge on any atom is -0.330 e. The first-order chi connectivity index (χ1) is 4.58. The monoisotopic (exact) mass is 142 g/mol. The van der Waals surface area contributed by atoms with Gasteiger partial charge < -0.3 is 4.90 Å². The van der Waals surface area contributed by atoms with Crippen LogP contribution in [0.1, 0.15) is 34.1 Å². The highest BCUT2D eigenvalue weighted by Gasteiger charge is 2.21. The third-order valence-electron chi connectivity index (χ3n) is 2.02. The SMILES string of the molecule is CCN([C]=O)C(C)(C)CC. The molecule has 0 rings (SSSR count). The van der Waals surface area contributed by atoms with Crippen molar-refractivity contribution in [3.8, 4) is 0 Å². The van der Waals surface area contributed by atoms with E-state index in [0.717, 1.165) is 13.0 Å². The fourth-order valence-corrected chi connectivity index (χ4v) is 0.807. The molecule has 0 aliphatic rings. The smallest absolute Gasteiger partial charge is 0.312 e. The Morgan fingerprint density at radius 2 is 1.90 bits per heavy atom. The van der Waals surface area contributed by atoms with E-state index in [4.69, 9.17) is 0 Å². The van der Waals surface area contributed by atoms with Gasteiger partial charge in [0.1, 0.15) is 0 Å². The summed E-state index contributed by atoms with van der Waals surface area (Å²) in [6.07, 6.45) is 2.89. The molecule has 0 aliphatic heterocycles. The Morgan fingerprint density at radius 1 is 1.40 bits per heavy atom. The van der Waals surface area contributed by atoms with Gasteiger partial charge in [0.05, 0.1) is 0 Å². The predicted molar refractivity (Wildman–Crippen MR) is 42.4 cm³/mol. The molecule has 0 bridgehead atoms. The highest BCUT2D eigenvalue weighted by molar-refractivity contribution is 5.49. The summed E-state index contributed by atoms with van der Waals surface area (Å²) < 4.78 is 0. The van der Waals surface area contributed by atoms with E-state index in [-0.39, 0.29) is 5.54 Å². The van der Waals surface area contributed by atoms with Gasteiger partial charge in [0.15, 0.2) is 0 Å². The maximum absolute atomic E-state index is 10.3. The second-order valence-electron chi connectivity index (χ2n) is 3.00. The van der Waals surface area contributed by atoms with Crippen LogP contribution in [0.3, 0.4) is 0 Å². The van der Waals surface area contributed by atoms with Gasteiger partial charge in [0, 0.05) is 12.1 Å². The lowest BCUT2D eigenvalue weighted by Crippen LogP contribution is -2.42. The first kappa shape index (κ1) is 9.47. The summed E-state index contributed by atoms with van der Waals surface area (Å²) in [6.45, 7) is 8.86. The van der Waals surface area contributed by atoms with E-state index in [1.165, 1.54) is 0 Å². The molecule has 0 spiro atoms. The quantitative estimate of drug-likeness (QED) is 0.545. The summed E-state index contributed by atoms with van der Waals surface area (Å²) in [6, 6.07) is 0. The number of nitrogens with zero attached hydrogens (tertiary/aromatic N) is 1. The predicted octanol–water partition coefficient (Wildman–Crippen LogP) is 1.56. The van der Waals surface area contributed by atoms with Crippen LogP contribution in [0.5, 0.6) is 0 Å². The van der Waals surface area contributed by atoms with Crippen LogP contribution in [0.4, 0.5) is 0 Å². The molecule has 0 fully saturated rings. The molecule has 2 heteroatoms. The van der Waals surface area contributed by atoms with Gasteiger partial charge in [0.2, 0.25) is 0 Å². The van der Waals surface area contributed by atoms with Crippen molar-refractivity contribution < 1.29 is 4.79 Å². The first-order valence-electron chi connectivity index (χ1n) is 3.74. The number of carbonyl (C=O) groups excluding carboxylic acids is 1. The van der Waals surface area contributed by atoms with Gasteiger partial charge >= 0.3 is 6.41 Å². The van der Waals surface area contributed by atoms with Gasteiger partial charge in [-0.15, -0.1) is 0 Å². The maximum Gasteiger partial charge on any atom is 0.312 e. The molecule has 10 heavy (non-hydrogen) atoms. The molecule has 59 valence electrons.